The highest BCUT2D eigenvalue weighted by molar-refractivity contribution is 9.10. The molecular formula is C6H10Br2N4O2S. The van der Waals surface area contributed by atoms with Crippen molar-refractivity contribution in [2.75, 3.05) is 18.9 Å². The lowest BCUT2D eigenvalue weighted by atomic mass is 10.8. The highest BCUT2D eigenvalue weighted by atomic mass is 79.9. The molecule has 0 aliphatic carbocycles. The number of halogens is 2. The van der Waals surface area contributed by atoms with Crippen LogP contribution in [0.15, 0.2) is 9.63 Å². The molecule has 0 amide bonds. The standard InChI is InChI=1S/C6H10Br2N4O2S/c1-11(4-3-7)15(13,14)6-5(8)9-10-12(6)2/h3-4H2,1-2H3. The molecule has 1 aromatic heterocycles. The largest absolute Gasteiger partial charge is 0.262 e. The van der Waals surface area contributed by atoms with Gasteiger partial charge in [-0.1, -0.05) is 21.1 Å². The maximum atomic E-state index is 12.0. The van der Waals surface area contributed by atoms with Crippen molar-refractivity contribution in [3.8, 4) is 0 Å². The molecule has 1 heterocycles. The van der Waals surface area contributed by atoms with Gasteiger partial charge in [0.1, 0.15) is 0 Å². The zero-order valence-corrected chi connectivity index (χ0v) is 12.2. The summed E-state index contributed by atoms with van der Waals surface area (Å²) in [6, 6.07) is 0. The van der Waals surface area contributed by atoms with Crippen molar-refractivity contribution in [2.24, 2.45) is 7.05 Å². The minimum absolute atomic E-state index is 0.0611. The summed E-state index contributed by atoms with van der Waals surface area (Å²) in [4.78, 5) is 0. The number of sulfonamides is 1. The molecule has 6 nitrogen and oxygen atoms in total. The Kier molecular flexibility index (Phi) is 4.27. The number of nitrogens with zero attached hydrogens (tertiary/aromatic N) is 4. The van der Waals surface area contributed by atoms with E-state index in [1.165, 1.54) is 23.1 Å². The van der Waals surface area contributed by atoms with E-state index in [9.17, 15) is 8.42 Å². The summed E-state index contributed by atoms with van der Waals surface area (Å²) < 4.78 is 26.7. The lowest BCUT2D eigenvalue weighted by Gasteiger charge is -2.15. The van der Waals surface area contributed by atoms with E-state index < -0.39 is 10.0 Å². The molecule has 0 saturated heterocycles. The minimum atomic E-state index is -3.52. The summed E-state index contributed by atoms with van der Waals surface area (Å²) in [7, 11) is -0.480. The third kappa shape index (κ3) is 2.58. The number of alkyl halides is 1. The maximum absolute atomic E-state index is 12.0. The van der Waals surface area contributed by atoms with Gasteiger partial charge in [-0.15, -0.1) is 5.10 Å². The van der Waals surface area contributed by atoms with Gasteiger partial charge in [0, 0.05) is 26.0 Å². The van der Waals surface area contributed by atoms with Gasteiger partial charge < -0.3 is 0 Å². The van der Waals surface area contributed by atoms with Gasteiger partial charge >= 0.3 is 0 Å². The van der Waals surface area contributed by atoms with E-state index in [0.717, 1.165) is 0 Å². The van der Waals surface area contributed by atoms with Gasteiger partial charge in [-0.3, -0.25) is 0 Å². The van der Waals surface area contributed by atoms with Crippen molar-refractivity contribution in [2.45, 2.75) is 5.03 Å². The van der Waals surface area contributed by atoms with Crippen LogP contribution < -0.4 is 0 Å². The molecule has 0 N–H and O–H groups in total. The molecule has 15 heavy (non-hydrogen) atoms. The Morgan fingerprint density at radius 2 is 2.13 bits per heavy atom. The lowest BCUT2D eigenvalue weighted by Crippen LogP contribution is -2.30. The summed E-state index contributed by atoms with van der Waals surface area (Å²) in [6.07, 6.45) is 0. The van der Waals surface area contributed by atoms with Crippen LogP contribution in [0.4, 0.5) is 0 Å². The van der Waals surface area contributed by atoms with Crippen molar-refractivity contribution >= 4 is 41.9 Å². The summed E-state index contributed by atoms with van der Waals surface area (Å²) in [5, 5.41) is 7.90. The summed E-state index contributed by atoms with van der Waals surface area (Å²) in [6.45, 7) is 0.389. The molecule has 86 valence electrons. The van der Waals surface area contributed by atoms with E-state index in [1.807, 2.05) is 0 Å². The van der Waals surface area contributed by atoms with E-state index in [2.05, 4.69) is 42.2 Å². The van der Waals surface area contributed by atoms with Crippen LogP contribution in [0.3, 0.4) is 0 Å². The second kappa shape index (κ2) is 4.89. The van der Waals surface area contributed by atoms with Crippen LogP contribution in [-0.4, -0.2) is 46.6 Å². The predicted molar refractivity (Wildman–Crippen MR) is 62.3 cm³/mol. The first-order valence-electron chi connectivity index (χ1n) is 3.98. The predicted octanol–water partition coefficient (Wildman–Crippen LogP) is 0.593. The molecule has 0 atom stereocenters. The molecule has 0 aliphatic heterocycles. The second-order valence-electron chi connectivity index (χ2n) is 2.82. The van der Waals surface area contributed by atoms with Crippen molar-refractivity contribution in [3.05, 3.63) is 4.60 Å². The molecule has 0 radical (unpaired) electrons. The number of rotatable bonds is 4. The fraction of sp³-hybridized carbons (Fsp3) is 0.667. The van der Waals surface area contributed by atoms with Gasteiger partial charge in [-0.2, -0.15) is 4.31 Å². The average Bonchev–Trinajstić information content (AvgIpc) is 2.46. The van der Waals surface area contributed by atoms with Gasteiger partial charge in [0.2, 0.25) is 5.03 Å². The third-order valence-electron chi connectivity index (χ3n) is 1.79. The van der Waals surface area contributed by atoms with E-state index >= 15 is 0 Å². The third-order valence-corrected chi connectivity index (χ3v) is 4.89. The Morgan fingerprint density at radius 3 is 2.53 bits per heavy atom. The summed E-state index contributed by atoms with van der Waals surface area (Å²) >= 11 is 6.25. The maximum Gasteiger partial charge on any atom is 0.262 e. The van der Waals surface area contributed by atoms with Crippen LogP contribution in [0.1, 0.15) is 0 Å². The summed E-state index contributed by atoms with van der Waals surface area (Å²) in [5.41, 5.74) is 0. The molecule has 0 bridgehead atoms. The van der Waals surface area contributed by atoms with Gasteiger partial charge in [-0.05, 0) is 15.9 Å². The monoisotopic (exact) mass is 360 g/mol. The number of hydrogen-bond acceptors (Lipinski definition) is 4. The van der Waals surface area contributed by atoms with Crippen LogP contribution in [0, 0.1) is 0 Å². The average molecular weight is 362 g/mol. The van der Waals surface area contributed by atoms with E-state index in [1.54, 1.807) is 0 Å². The number of aromatic nitrogens is 3. The Bertz CT molecular complexity index is 424. The minimum Gasteiger partial charge on any atom is -0.235 e. The molecule has 0 saturated carbocycles. The van der Waals surface area contributed by atoms with E-state index in [-0.39, 0.29) is 9.63 Å². The smallest absolute Gasteiger partial charge is 0.235 e. The van der Waals surface area contributed by atoms with Crippen molar-refractivity contribution in [1.29, 1.82) is 0 Å². The van der Waals surface area contributed by atoms with Crippen LogP contribution in [0.5, 0.6) is 0 Å². The fourth-order valence-corrected chi connectivity index (χ4v) is 3.94. The first-order chi connectivity index (χ1) is 6.91. The summed E-state index contributed by atoms with van der Waals surface area (Å²) in [5.74, 6) is 0. The van der Waals surface area contributed by atoms with Crippen LogP contribution >= 0.6 is 31.9 Å². The van der Waals surface area contributed by atoms with E-state index in [0.29, 0.717) is 11.9 Å². The first kappa shape index (κ1) is 13.1. The molecule has 0 unspecified atom stereocenters. The van der Waals surface area contributed by atoms with Crippen molar-refractivity contribution in [1.82, 2.24) is 19.3 Å². The molecule has 0 aromatic carbocycles. The van der Waals surface area contributed by atoms with Gasteiger partial charge in [0.15, 0.2) is 4.60 Å². The van der Waals surface area contributed by atoms with Crippen molar-refractivity contribution in [3.63, 3.8) is 0 Å². The molecule has 1 rings (SSSR count). The van der Waals surface area contributed by atoms with Gasteiger partial charge in [0.25, 0.3) is 10.0 Å². The van der Waals surface area contributed by atoms with Crippen LogP contribution in [-0.2, 0) is 17.1 Å². The highest BCUT2D eigenvalue weighted by Crippen LogP contribution is 2.20. The van der Waals surface area contributed by atoms with Gasteiger partial charge in [-0.25, -0.2) is 13.1 Å². The lowest BCUT2D eigenvalue weighted by molar-refractivity contribution is 0.477. The van der Waals surface area contributed by atoms with Crippen LogP contribution in [0.2, 0.25) is 0 Å². The molecule has 0 fully saturated rings. The molecule has 0 spiro atoms. The second-order valence-corrected chi connectivity index (χ2v) is 6.33. The molecular weight excluding hydrogens is 352 g/mol. The molecule has 9 heteroatoms. The van der Waals surface area contributed by atoms with E-state index in [4.69, 9.17) is 0 Å². The van der Waals surface area contributed by atoms with Crippen LogP contribution in [0.25, 0.3) is 0 Å². The quantitative estimate of drug-likeness (QED) is 0.736. The highest BCUT2D eigenvalue weighted by Gasteiger charge is 2.27. The Balaban J connectivity index is 3.17. The van der Waals surface area contributed by atoms with Crippen molar-refractivity contribution < 1.29 is 8.42 Å². The normalized spacial score (nSPS) is 12.3. The Hall–Kier alpha value is 0.0100. The topological polar surface area (TPSA) is 68.1 Å². The SMILES string of the molecule is CN(CCBr)S(=O)(=O)c1c(Br)nnn1C. The van der Waals surface area contributed by atoms with Gasteiger partial charge in [0.05, 0.1) is 0 Å². The number of hydrogen-bond donors (Lipinski definition) is 0. The molecule has 0 aliphatic rings. The Morgan fingerprint density at radius 1 is 1.53 bits per heavy atom. The zero-order chi connectivity index (χ0) is 11.6. The zero-order valence-electron chi connectivity index (χ0n) is 8.18. The number of aryl methyl sites for hydroxylation is 1. The fourth-order valence-electron chi connectivity index (χ4n) is 0.983. The molecule has 1 aromatic rings. The first-order valence-corrected chi connectivity index (χ1v) is 7.34. The Labute approximate surface area is 105 Å².